The third kappa shape index (κ3) is 3.83. The molecule has 188 valence electrons. The Morgan fingerprint density at radius 2 is 1.97 bits per heavy atom. The van der Waals surface area contributed by atoms with Crippen molar-refractivity contribution >= 4 is 27.5 Å². The molecule has 1 aliphatic rings. The Bertz CT molecular complexity index is 1500. The summed E-state index contributed by atoms with van der Waals surface area (Å²) >= 11 is 0. The lowest BCUT2D eigenvalue weighted by atomic mass is 9.94. The van der Waals surface area contributed by atoms with Crippen LogP contribution in [0.25, 0.3) is 32.9 Å². The van der Waals surface area contributed by atoms with Gasteiger partial charge in [0, 0.05) is 24.7 Å². The lowest BCUT2D eigenvalue weighted by molar-refractivity contribution is -0.118. The highest BCUT2D eigenvalue weighted by molar-refractivity contribution is 6.01. The Kier molecular flexibility index (Phi) is 5.82. The average Bonchev–Trinajstić information content (AvgIpc) is 2.85. The molecule has 0 aliphatic carbocycles. The van der Waals surface area contributed by atoms with Gasteiger partial charge in [0.1, 0.15) is 34.7 Å². The number of ether oxygens (including phenoxy) is 1. The number of hydrogen-bond donors (Lipinski definition) is 2. The molecular formula is C25H22F4N4O3. The van der Waals surface area contributed by atoms with Crippen LogP contribution in [0.3, 0.4) is 0 Å². The highest BCUT2D eigenvalue weighted by Gasteiger charge is 2.43. The summed E-state index contributed by atoms with van der Waals surface area (Å²) in [5.74, 6) is -4.66. The largest absolute Gasteiger partial charge is 0.508 e. The summed E-state index contributed by atoms with van der Waals surface area (Å²) in [5.41, 5.74) is 0.140. The predicted molar refractivity (Wildman–Crippen MR) is 126 cm³/mol. The van der Waals surface area contributed by atoms with Crippen LogP contribution in [0.5, 0.6) is 11.8 Å². The quantitative estimate of drug-likeness (QED) is 0.394. The van der Waals surface area contributed by atoms with Gasteiger partial charge < -0.3 is 19.8 Å². The molecule has 5 rings (SSSR count). The molecule has 11 heteroatoms. The SMILES string of the molecule is CCc1c(F)ccc2cc(O)cc(-c3ncc4c(N5CCC(F)(F)C(O)C5)nc(OC)nc4c3F)c12. The molecule has 0 amide bonds. The van der Waals surface area contributed by atoms with Gasteiger partial charge in [-0.25, -0.2) is 17.6 Å². The number of halogens is 4. The Balaban J connectivity index is 1.74. The number of anilines is 1. The summed E-state index contributed by atoms with van der Waals surface area (Å²) in [6, 6.07) is 5.33. The lowest BCUT2D eigenvalue weighted by Gasteiger charge is -2.36. The Labute approximate surface area is 203 Å². The van der Waals surface area contributed by atoms with E-state index in [-0.39, 0.29) is 46.3 Å². The molecule has 1 saturated heterocycles. The minimum atomic E-state index is -3.25. The zero-order valence-corrected chi connectivity index (χ0v) is 19.4. The van der Waals surface area contributed by atoms with Crippen molar-refractivity contribution in [1.82, 2.24) is 15.0 Å². The molecule has 7 nitrogen and oxygen atoms in total. The highest BCUT2D eigenvalue weighted by atomic mass is 19.3. The van der Waals surface area contributed by atoms with Gasteiger partial charge in [0.05, 0.1) is 19.0 Å². The van der Waals surface area contributed by atoms with E-state index in [1.807, 2.05) is 0 Å². The fourth-order valence-electron chi connectivity index (χ4n) is 4.65. The molecule has 0 bridgehead atoms. The number of pyridine rings is 1. The fraction of sp³-hybridized carbons (Fsp3) is 0.320. The number of piperidine rings is 1. The second-order valence-electron chi connectivity index (χ2n) is 8.66. The van der Waals surface area contributed by atoms with E-state index in [0.717, 1.165) is 0 Å². The van der Waals surface area contributed by atoms with Crippen LogP contribution in [0, 0.1) is 11.6 Å². The van der Waals surface area contributed by atoms with Crippen LogP contribution in [0.1, 0.15) is 18.9 Å². The summed E-state index contributed by atoms with van der Waals surface area (Å²) in [7, 11) is 1.28. The van der Waals surface area contributed by atoms with Gasteiger partial charge in [-0.15, -0.1) is 0 Å². The highest BCUT2D eigenvalue weighted by Crippen LogP contribution is 2.39. The van der Waals surface area contributed by atoms with E-state index in [2.05, 4.69) is 15.0 Å². The third-order valence-corrected chi connectivity index (χ3v) is 6.48. The Morgan fingerprint density at radius 1 is 1.19 bits per heavy atom. The molecule has 1 fully saturated rings. The number of phenols is 1. The summed E-state index contributed by atoms with van der Waals surface area (Å²) in [6.45, 7) is 1.20. The van der Waals surface area contributed by atoms with Crippen LogP contribution < -0.4 is 9.64 Å². The van der Waals surface area contributed by atoms with Gasteiger partial charge in [-0.2, -0.15) is 9.97 Å². The Hall–Kier alpha value is -3.73. The zero-order valence-electron chi connectivity index (χ0n) is 19.4. The fourth-order valence-corrected chi connectivity index (χ4v) is 4.65. The van der Waals surface area contributed by atoms with E-state index in [0.29, 0.717) is 22.8 Å². The van der Waals surface area contributed by atoms with E-state index in [4.69, 9.17) is 4.74 Å². The number of hydrogen-bond acceptors (Lipinski definition) is 7. The molecule has 0 saturated carbocycles. The van der Waals surface area contributed by atoms with Crippen LogP contribution in [-0.4, -0.2) is 57.4 Å². The molecule has 2 N–H and O–H groups in total. The number of alkyl halides is 2. The minimum Gasteiger partial charge on any atom is -0.508 e. The van der Waals surface area contributed by atoms with Gasteiger partial charge >= 0.3 is 6.01 Å². The van der Waals surface area contributed by atoms with Crippen molar-refractivity contribution in [2.75, 3.05) is 25.1 Å². The molecule has 0 radical (unpaired) electrons. The molecule has 2 aromatic heterocycles. The first-order valence-corrected chi connectivity index (χ1v) is 11.3. The van der Waals surface area contributed by atoms with E-state index in [1.54, 1.807) is 6.92 Å². The first-order chi connectivity index (χ1) is 17.1. The van der Waals surface area contributed by atoms with Crippen LogP contribution in [0.4, 0.5) is 23.4 Å². The maximum atomic E-state index is 16.0. The van der Waals surface area contributed by atoms with Crippen molar-refractivity contribution in [1.29, 1.82) is 0 Å². The van der Waals surface area contributed by atoms with Gasteiger partial charge in [-0.3, -0.25) is 4.98 Å². The number of aliphatic hydroxyl groups excluding tert-OH is 1. The molecule has 3 heterocycles. The summed E-state index contributed by atoms with van der Waals surface area (Å²) in [6.07, 6.45) is -0.933. The number of methoxy groups -OCH3 is 1. The van der Waals surface area contributed by atoms with E-state index < -0.39 is 36.6 Å². The maximum Gasteiger partial charge on any atom is 0.318 e. The van der Waals surface area contributed by atoms with Gasteiger partial charge in [0.25, 0.3) is 5.92 Å². The van der Waals surface area contributed by atoms with Gasteiger partial charge in [-0.05, 0) is 41.0 Å². The zero-order chi connectivity index (χ0) is 25.8. The third-order valence-electron chi connectivity index (χ3n) is 6.48. The smallest absolute Gasteiger partial charge is 0.318 e. The van der Waals surface area contributed by atoms with Gasteiger partial charge in [0.15, 0.2) is 5.82 Å². The van der Waals surface area contributed by atoms with Crippen molar-refractivity contribution in [2.45, 2.75) is 31.8 Å². The second-order valence-corrected chi connectivity index (χ2v) is 8.66. The summed E-state index contributed by atoms with van der Waals surface area (Å²) in [4.78, 5) is 14.0. The first kappa shape index (κ1) is 24.0. The van der Waals surface area contributed by atoms with Crippen LogP contribution in [-0.2, 0) is 6.42 Å². The standard InChI is InChI=1S/C25H22F4N4O3/c1-3-14-17(26)5-4-12-8-13(34)9-15(19(12)14)21-20(27)22-16(10-30-21)23(32-24(31-22)36-2)33-7-6-25(28,29)18(35)11-33/h4-5,8-10,18,34-35H,3,6-7,11H2,1-2H3. The number of aromatic hydroxyl groups is 1. The number of nitrogens with zero attached hydrogens (tertiary/aromatic N) is 4. The number of aliphatic hydroxyl groups is 1. The summed E-state index contributed by atoms with van der Waals surface area (Å²) < 4.78 is 63.5. The number of β-amino-alcohol motifs (C(OH)–C–C–N with tert-alkyl or cyclic N) is 1. The predicted octanol–water partition coefficient (Wildman–Crippen LogP) is 4.61. The molecule has 0 spiro atoms. The van der Waals surface area contributed by atoms with Crippen LogP contribution >= 0.6 is 0 Å². The maximum absolute atomic E-state index is 16.0. The number of phenolic OH excluding ortho intramolecular Hbond substituents is 1. The minimum absolute atomic E-state index is 0.0883. The lowest BCUT2D eigenvalue weighted by Crippen LogP contribution is -2.51. The second kappa shape index (κ2) is 8.74. The van der Waals surface area contributed by atoms with Crippen molar-refractivity contribution in [2.24, 2.45) is 0 Å². The van der Waals surface area contributed by atoms with E-state index in [1.165, 1.54) is 42.5 Å². The monoisotopic (exact) mass is 502 g/mol. The van der Waals surface area contributed by atoms with E-state index in [9.17, 15) is 23.4 Å². The van der Waals surface area contributed by atoms with Crippen LogP contribution in [0.15, 0.2) is 30.5 Å². The molecule has 1 unspecified atom stereocenters. The number of benzene rings is 2. The van der Waals surface area contributed by atoms with Crippen molar-refractivity contribution in [3.8, 4) is 23.0 Å². The van der Waals surface area contributed by atoms with Crippen LogP contribution in [0.2, 0.25) is 0 Å². The molecule has 1 aliphatic heterocycles. The number of rotatable bonds is 4. The number of aryl methyl sites for hydroxylation is 1. The molecule has 1 atom stereocenters. The van der Waals surface area contributed by atoms with Crippen molar-refractivity contribution < 1.29 is 32.5 Å². The number of fused-ring (bicyclic) bond motifs is 2. The van der Waals surface area contributed by atoms with Crippen molar-refractivity contribution in [3.63, 3.8) is 0 Å². The first-order valence-electron chi connectivity index (χ1n) is 11.3. The number of aromatic nitrogens is 3. The molecular weight excluding hydrogens is 480 g/mol. The van der Waals surface area contributed by atoms with Gasteiger partial charge in [-0.1, -0.05) is 13.0 Å². The average molecular weight is 502 g/mol. The topological polar surface area (TPSA) is 91.6 Å². The van der Waals surface area contributed by atoms with E-state index >= 15 is 4.39 Å². The van der Waals surface area contributed by atoms with Crippen molar-refractivity contribution in [3.05, 3.63) is 47.7 Å². The molecule has 4 aromatic rings. The molecule has 2 aromatic carbocycles. The summed E-state index contributed by atoms with van der Waals surface area (Å²) in [5, 5.41) is 21.2. The van der Waals surface area contributed by atoms with Gasteiger partial charge in [0.2, 0.25) is 0 Å². The normalized spacial score (nSPS) is 17.6. The molecule has 36 heavy (non-hydrogen) atoms. The Morgan fingerprint density at radius 3 is 2.67 bits per heavy atom.